The number of benzene rings is 1. The van der Waals surface area contributed by atoms with Crippen molar-refractivity contribution in [2.24, 2.45) is 0 Å². The van der Waals surface area contributed by atoms with Crippen molar-refractivity contribution < 1.29 is 14.7 Å². The van der Waals surface area contributed by atoms with Crippen LogP contribution in [-0.2, 0) is 9.59 Å². The van der Waals surface area contributed by atoms with E-state index in [1.165, 1.54) is 6.08 Å². The molecular weight excluding hydrogens is 508 g/mol. The van der Waals surface area contributed by atoms with Gasteiger partial charge in [-0.3, -0.25) is 4.79 Å². The molecule has 0 aromatic heterocycles. The fraction of sp³-hybridized carbons (Fsp3) is 0.375. The summed E-state index contributed by atoms with van der Waals surface area (Å²) < 4.78 is 2.19. The molecule has 0 saturated heterocycles. The molecular formula is C16H17I2NO3. The summed E-state index contributed by atoms with van der Waals surface area (Å²) in [6.45, 7) is 0. The van der Waals surface area contributed by atoms with E-state index < -0.39 is 11.5 Å². The fourth-order valence-corrected chi connectivity index (χ4v) is 4.41. The van der Waals surface area contributed by atoms with Crippen molar-refractivity contribution in [1.82, 2.24) is 5.32 Å². The number of halogens is 2. The molecule has 22 heavy (non-hydrogen) atoms. The lowest BCUT2D eigenvalue weighted by Gasteiger charge is -2.33. The third kappa shape index (κ3) is 4.43. The van der Waals surface area contributed by atoms with Gasteiger partial charge in [-0.2, -0.15) is 0 Å². The number of carbonyl (C=O) groups is 2. The first-order valence-electron chi connectivity index (χ1n) is 7.12. The van der Waals surface area contributed by atoms with Gasteiger partial charge in [-0.15, -0.1) is 0 Å². The Morgan fingerprint density at radius 2 is 1.86 bits per heavy atom. The van der Waals surface area contributed by atoms with Crippen LogP contribution in [0.15, 0.2) is 24.3 Å². The van der Waals surface area contributed by atoms with Crippen LogP contribution in [0.2, 0.25) is 0 Å². The highest BCUT2D eigenvalue weighted by molar-refractivity contribution is 14.1. The molecule has 0 heterocycles. The number of hydrogen-bond acceptors (Lipinski definition) is 2. The van der Waals surface area contributed by atoms with Crippen LogP contribution in [0.3, 0.4) is 0 Å². The highest BCUT2D eigenvalue weighted by atomic mass is 127. The summed E-state index contributed by atoms with van der Waals surface area (Å²) in [5.41, 5.74) is -0.150. The maximum atomic E-state index is 12.1. The molecule has 6 heteroatoms. The Morgan fingerprint density at radius 3 is 2.45 bits per heavy atom. The zero-order valence-corrected chi connectivity index (χ0v) is 16.3. The molecule has 2 N–H and O–H groups in total. The van der Waals surface area contributed by atoms with E-state index in [0.717, 1.165) is 32.0 Å². The molecule has 0 bridgehead atoms. The lowest BCUT2D eigenvalue weighted by atomic mass is 9.81. The van der Waals surface area contributed by atoms with Crippen molar-refractivity contribution in [3.05, 3.63) is 37.0 Å². The largest absolute Gasteiger partial charge is 0.480 e. The Bertz CT molecular complexity index is 607. The molecule has 0 unspecified atom stereocenters. The van der Waals surface area contributed by atoms with E-state index in [1.807, 2.05) is 18.2 Å². The summed E-state index contributed by atoms with van der Waals surface area (Å²) >= 11 is 4.46. The highest BCUT2D eigenvalue weighted by Crippen LogP contribution is 2.28. The number of aliphatic carboxylic acids is 1. The Balaban J connectivity index is 2.08. The third-order valence-corrected chi connectivity index (χ3v) is 5.46. The van der Waals surface area contributed by atoms with Gasteiger partial charge in [0, 0.05) is 13.2 Å². The number of hydrogen-bond donors (Lipinski definition) is 2. The first-order valence-corrected chi connectivity index (χ1v) is 9.27. The van der Waals surface area contributed by atoms with E-state index in [-0.39, 0.29) is 5.91 Å². The summed E-state index contributed by atoms with van der Waals surface area (Å²) in [5.74, 6) is -1.28. The van der Waals surface area contributed by atoms with E-state index in [4.69, 9.17) is 0 Å². The van der Waals surface area contributed by atoms with Crippen LogP contribution in [0, 0.1) is 7.14 Å². The summed E-state index contributed by atoms with van der Waals surface area (Å²) in [4.78, 5) is 23.6. The minimum Gasteiger partial charge on any atom is -0.480 e. The number of carboxylic acid groups (broad SMARTS) is 1. The molecule has 1 aromatic rings. The number of carbonyl (C=O) groups excluding carboxylic acids is 1. The van der Waals surface area contributed by atoms with Crippen LogP contribution >= 0.6 is 45.2 Å². The van der Waals surface area contributed by atoms with E-state index in [1.54, 1.807) is 6.08 Å². The van der Waals surface area contributed by atoms with Gasteiger partial charge < -0.3 is 10.4 Å². The van der Waals surface area contributed by atoms with Gasteiger partial charge in [0.1, 0.15) is 5.54 Å². The van der Waals surface area contributed by atoms with Gasteiger partial charge in [-0.05, 0) is 81.8 Å². The molecule has 118 valence electrons. The normalized spacial score (nSPS) is 17.4. The zero-order chi connectivity index (χ0) is 16.2. The van der Waals surface area contributed by atoms with Crippen molar-refractivity contribution in [3.63, 3.8) is 0 Å². The standard InChI is InChI=1S/C16H17I2NO3/c17-12-6-4-11(13(18)10-12)5-7-14(20)19-16(15(21)22)8-2-1-3-9-16/h4-7,10H,1-3,8-9H2,(H,19,20)(H,21,22)/b7-5+. The second-order valence-electron chi connectivity index (χ2n) is 5.44. The van der Waals surface area contributed by atoms with Gasteiger partial charge in [-0.25, -0.2) is 4.79 Å². The van der Waals surface area contributed by atoms with E-state index >= 15 is 0 Å². The van der Waals surface area contributed by atoms with Crippen molar-refractivity contribution in [2.75, 3.05) is 0 Å². The molecule has 4 nitrogen and oxygen atoms in total. The maximum Gasteiger partial charge on any atom is 0.329 e. The molecule has 1 amide bonds. The molecule has 0 spiro atoms. The van der Waals surface area contributed by atoms with Crippen LogP contribution in [-0.4, -0.2) is 22.5 Å². The molecule has 0 aliphatic heterocycles. The minimum atomic E-state index is -1.10. The summed E-state index contributed by atoms with van der Waals surface area (Å²) in [5, 5.41) is 12.2. The van der Waals surface area contributed by atoms with Crippen molar-refractivity contribution in [1.29, 1.82) is 0 Å². The molecule has 0 atom stereocenters. The smallest absolute Gasteiger partial charge is 0.329 e. The first-order chi connectivity index (χ1) is 10.4. The lowest BCUT2D eigenvalue weighted by molar-refractivity contribution is -0.148. The van der Waals surface area contributed by atoms with E-state index in [0.29, 0.717) is 12.8 Å². The summed E-state index contributed by atoms with van der Waals surface area (Å²) in [7, 11) is 0. The monoisotopic (exact) mass is 525 g/mol. The topological polar surface area (TPSA) is 66.4 Å². The quantitative estimate of drug-likeness (QED) is 0.465. The number of nitrogens with one attached hydrogen (secondary N) is 1. The lowest BCUT2D eigenvalue weighted by Crippen LogP contribution is -2.55. The van der Waals surface area contributed by atoms with Gasteiger partial charge in [0.2, 0.25) is 5.91 Å². The Kier molecular flexibility index (Phi) is 6.25. The average Bonchev–Trinajstić information content (AvgIpc) is 2.47. The van der Waals surface area contributed by atoms with Crippen LogP contribution in [0.4, 0.5) is 0 Å². The Hall–Kier alpha value is -0.640. The van der Waals surface area contributed by atoms with Crippen LogP contribution in [0.5, 0.6) is 0 Å². The number of carboxylic acids is 1. The van der Waals surface area contributed by atoms with Crippen LogP contribution < -0.4 is 5.32 Å². The molecule has 1 aliphatic carbocycles. The molecule has 0 radical (unpaired) electrons. The number of rotatable bonds is 4. The predicted molar refractivity (Wildman–Crippen MR) is 103 cm³/mol. The summed E-state index contributed by atoms with van der Waals surface area (Å²) in [6, 6.07) is 5.94. The molecule has 2 rings (SSSR count). The van der Waals surface area contributed by atoms with Crippen molar-refractivity contribution in [2.45, 2.75) is 37.6 Å². The second-order valence-corrected chi connectivity index (χ2v) is 7.84. The third-order valence-electron chi connectivity index (χ3n) is 3.86. The average molecular weight is 525 g/mol. The second kappa shape index (κ2) is 7.76. The molecule has 1 aliphatic rings. The Labute approximate surface area is 157 Å². The Morgan fingerprint density at radius 1 is 1.18 bits per heavy atom. The SMILES string of the molecule is O=C(/C=C/c1ccc(I)cc1I)NC1(C(=O)O)CCCCC1. The van der Waals surface area contributed by atoms with Crippen molar-refractivity contribution >= 4 is 63.1 Å². The first kappa shape index (κ1) is 17.7. The highest BCUT2D eigenvalue weighted by Gasteiger charge is 2.40. The minimum absolute atomic E-state index is 0.348. The molecule has 1 aromatic carbocycles. The zero-order valence-electron chi connectivity index (χ0n) is 11.9. The van der Waals surface area contributed by atoms with Gasteiger partial charge in [0.25, 0.3) is 0 Å². The van der Waals surface area contributed by atoms with E-state index in [9.17, 15) is 14.7 Å². The summed E-state index contributed by atoms with van der Waals surface area (Å²) in [6.07, 6.45) is 6.86. The van der Waals surface area contributed by atoms with Gasteiger partial charge in [0.15, 0.2) is 0 Å². The van der Waals surface area contributed by atoms with Gasteiger partial charge in [-0.1, -0.05) is 25.3 Å². The maximum absolute atomic E-state index is 12.1. The predicted octanol–water partition coefficient (Wildman–Crippen LogP) is 3.81. The number of amides is 1. The van der Waals surface area contributed by atoms with Gasteiger partial charge in [0.05, 0.1) is 0 Å². The van der Waals surface area contributed by atoms with Crippen molar-refractivity contribution in [3.8, 4) is 0 Å². The van der Waals surface area contributed by atoms with Crippen LogP contribution in [0.25, 0.3) is 6.08 Å². The molecule has 1 saturated carbocycles. The van der Waals surface area contributed by atoms with Crippen LogP contribution in [0.1, 0.15) is 37.7 Å². The fourth-order valence-electron chi connectivity index (χ4n) is 2.63. The van der Waals surface area contributed by atoms with Gasteiger partial charge >= 0.3 is 5.97 Å². The molecule has 1 fully saturated rings. The van der Waals surface area contributed by atoms with E-state index in [2.05, 4.69) is 50.5 Å².